The molecule has 104 valence electrons. The van der Waals surface area contributed by atoms with E-state index in [1.807, 2.05) is 0 Å². The molecule has 1 unspecified atom stereocenters. The Hall–Kier alpha value is -1.79. The van der Waals surface area contributed by atoms with E-state index in [1.165, 1.54) is 0 Å². The quantitative estimate of drug-likeness (QED) is 0.618. The van der Waals surface area contributed by atoms with Gasteiger partial charge in [-0.2, -0.15) is 0 Å². The van der Waals surface area contributed by atoms with Gasteiger partial charge in [0.25, 0.3) is 0 Å². The van der Waals surface area contributed by atoms with E-state index in [0.717, 1.165) is 0 Å². The molecule has 7 nitrogen and oxygen atoms in total. The topological polar surface area (TPSA) is 105 Å². The lowest BCUT2D eigenvalue weighted by atomic mass is 9.87. The van der Waals surface area contributed by atoms with Crippen LogP contribution >= 0.6 is 0 Å². The molecule has 0 heterocycles. The van der Waals surface area contributed by atoms with Crippen LogP contribution in [0.25, 0.3) is 0 Å². The van der Waals surface area contributed by atoms with Crippen molar-refractivity contribution in [2.24, 2.45) is 5.41 Å². The average Bonchev–Trinajstić information content (AvgIpc) is 2.21. The second-order valence-electron chi connectivity index (χ2n) is 4.77. The van der Waals surface area contributed by atoms with Gasteiger partial charge < -0.3 is 20.5 Å². The van der Waals surface area contributed by atoms with Crippen LogP contribution in [0.5, 0.6) is 0 Å². The molecule has 0 saturated carbocycles. The highest BCUT2D eigenvalue weighted by atomic mass is 16.5. The first-order valence-electron chi connectivity index (χ1n) is 5.61. The molecule has 0 saturated heterocycles. The van der Waals surface area contributed by atoms with Crippen molar-refractivity contribution in [2.75, 3.05) is 13.2 Å². The molecule has 7 heteroatoms. The van der Waals surface area contributed by atoms with Gasteiger partial charge in [0.15, 0.2) is 0 Å². The monoisotopic (exact) mass is 260 g/mol. The van der Waals surface area contributed by atoms with Gasteiger partial charge in [0, 0.05) is 0 Å². The Morgan fingerprint density at radius 3 is 2.22 bits per heavy atom. The minimum atomic E-state index is -1.13. The molecule has 0 rings (SSSR count). The van der Waals surface area contributed by atoms with Crippen LogP contribution in [-0.4, -0.2) is 42.3 Å². The molecule has 3 N–H and O–H groups in total. The summed E-state index contributed by atoms with van der Waals surface area (Å²) in [5.74, 6) is -1.70. The van der Waals surface area contributed by atoms with Crippen LogP contribution in [0.15, 0.2) is 0 Å². The summed E-state index contributed by atoms with van der Waals surface area (Å²) in [6, 6.07) is -1.76. The molecule has 0 aliphatic carbocycles. The Labute approximate surface area is 106 Å². The van der Waals surface area contributed by atoms with E-state index in [0.29, 0.717) is 0 Å². The smallest absolute Gasteiger partial charge is 0.326 e. The van der Waals surface area contributed by atoms with Gasteiger partial charge in [0.1, 0.15) is 12.6 Å². The van der Waals surface area contributed by atoms with Crippen molar-refractivity contribution >= 4 is 18.0 Å². The molecule has 0 aromatic rings. The van der Waals surface area contributed by atoms with Crippen molar-refractivity contribution in [2.45, 2.75) is 33.7 Å². The molecular formula is C11H20N2O5. The van der Waals surface area contributed by atoms with E-state index in [4.69, 9.17) is 5.11 Å². The van der Waals surface area contributed by atoms with E-state index < -0.39 is 29.4 Å². The first-order valence-corrected chi connectivity index (χ1v) is 5.61. The lowest BCUT2D eigenvalue weighted by molar-refractivity contribution is -0.142. The zero-order chi connectivity index (χ0) is 14.3. The molecule has 0 aliphatic heterocycles. The summed E-state index contributed by atoms with van der Waals surface area (Å²) in [6.45, 7) is 6.66. The highest BCUT2D eigenvalue weighted by molar-refractivity contribution is 5.85. The summed E-state index contributed by atoms with van der Waals surface area (Å²) in [5.41, 5.74) is -0.632. The van der Waals surface area contributed by atoms with Gasteiger partial charge >= 0.3 is 18.0 Å². The molecule has 0 fully saturated rings. The predicted octanol–water partition coefficient (Wildman–Crippen LogP) is 0.348. The SMILES string of the molecule is CCOC(=O)CNC(=O)NC(C(=O)O)C(C)(C)C. The number of carbonyl (C=O) groups is 3. The van der Waals surface area contributed by atoms with Gasteiger partial charge in [0.05, 0.1) is 6.61 Å². The average molecular weight is 260 g/mol. The van der Waals surface area contributed by atoms with Crippen molar-refractivity contribution in [3.8, 4) is 0 Å². The van der Waals surface area contributed by atoms with Crippen LogP contribution in [0.3, 0.4) is 0 Å². The summed E-state index contributed by atoms with van der Waals surface area (Å²) >= 11 is 0. The third kappa shape index (κ3) is 6.07. The Balaban J connectivity index is 4.28. The van der Waals surface area contributed by atoms with Gasteiger partial charge in [-0.1, -0.05) is 20.8 Å². The van der Waals surface area contributed by atoms with Crippen LogP contribution in [0, 0.1) is 5.41 Å². The molecule has 0 bridgehead atoms. The van der Waals surface area contributed by atoms with Crippen molar-refractivity contribution in [1.29, 1.82) is 0 Å². The van der Waals surface area contributed by atoms with Gasteiger partial charge in [-0.15, -0.1) is 0 Å². The number of urea groups is 1. The molecule has 1 atom stereocenters. The number of rotatable bonds is 5. The van der Waals surface area contributed by atoms with Gasteiger partial charge in [0.2, 0.25) is 0 Å². The lowest BCUT2D eigenvalue weighted by Crippen LogP contribution is -2.52. The number of aliphatic carboxylic acids is 1. The summed E-state index contributed by atoms with van der Waals surface area (Å²) in [6.07, 6.45) is 0. The van der Waals surface area contributed by atoms with Crippen molar-refractivity contribution in [1.82, 2.24) is 10.6 Å². The zero-order valence-corrected chi connectivity index (χ0v) is 11.1. The maximum absolute atomic E-state index is 11.4. The van der Waals surface area contributed by atoms with E-state index >= 15 is 0 Å². The zero-order valence-electron chi connectivity index (χ0n) is 11.1. The largest absolute Gasteiger partial charge is 0.480 e. The number of hydrogen-bond acceptors (Lipinski definition) is 4. The number of nitrogens with one attached hydrogen (secondary N) is 2. The number of amides is 2. The number of esters is 1. The van der Waals surface area contributed by atoms with E-state index in [1.54, 1.807) is 27.7 Å². The standard InChI is InChI=1S/C11H20N2O5/c1-5-18-7(14)6-12-10(17)13-8(9(15)16)11(2,3)4/h8H,5-6H2,1-4H3,(H,15,16)(H2,12,13,17). The van der Waals surface area contributed by atoms with Gasteiger partial charge in [-0.25, -0.2) is 9.59 Å². The molecule has 0 spiro atoms. The maximum atomic E-state index is 11.4. The molecule has 0 radical (unpaired) electrons. The van der Waals surface area contributed by atoms with Crippen LogP contribution in [0.4, 0.5) is 4.79 Å². The molecule has 18 heavy (non-hydrogen) atoms. The summed E-state index contributed by atoms with van der Waals surface area (Å²) in [5, 5.41) is 13.5. The van der Waals surface area contributed by atoms with Crippen molar-refractivity contribution < 1.29 is 24.2 Å². The third-order valence-corrected chi connectivity index (χ3v) is 2.09. The number of carboxylic acids is 1. The molecular weight excluding hydrogens is 240 g/mol. The summed E-state index contributed by atoms with van der Waals surface area (Å²) < 4.78 is 4.61. The first kappa shape index (κ1) is 16.2. The predicted molar refractivity (Wildman–Crippen MR) is 64.0 cm³/mol. The van der Waals surface area contributed by atoms with Crippen LogP contribution in [-0.2, 0) is 14.3 Å². The maximum Gasteiger partial charge on any atom is 0.326 e. The van der Waals surface area contributed by atoms with E-state index in [-0.39, 0.29) is 13.2 Å². The van der Waals surface area contributed by atoms with Gasteiger partial charge in [-0.3, -0.25) is 4.79 Å². The Morgan fingerprint density at radius 2 is 1.83 bits per heavy atom. The van der Waals surface area contributed by atoms with Crippen LogP contribution in [0.1, 0.15) is 27.7 Å². The lowest BCUT2D eigenvalue weighted by Gasteiger charge is -2.27. The normalized spacial score (nSPS) is 12.4. The highest BCUT2D eigenvalue weighted by Gasteiger charge is 2.32. The van der Waals surface area contributed by atoms with Crippen molar-refractivity contribution in [3.05, 3.63) is 0 Å². The molecule has 2 amide bonds. The summed E-state index contributed by atoms with van der Waals surface area (Å²) in [4.78, 5) is 33.4. The fourth-order valence-electron chi connectivity index (χ4n) is 1.20. The Kier molecular flexibility index (Phi) is 6.15. The Morgan fingerprint density at radius 1 is 1.28 bits per heavy atom. The fraction of sp³-hybridized carbons (Fsp3) is 0.727. The Bertz CT molecular complexity index is 322. The number of ether oxygens (including phenoxy) is 1. The first-order chi connectivity index (χ1) is 8.18. The second-order valence-corrected chi connectivity index (χ2v) is 4.77. The molecule has 0 aromatic carbocycles. The van der Waals surface area contributed by atoms with Crippen LogP contribution in [0.2, 0.25) is 0 Å². The van der Waals surface area contributed by atoms with Crippen LogP contribution < -0.4 is 10.6 Å². The minimum Gasteiger partial charge on any atom is -0.480 e. The summed E-state index contributed by atoms with van der Waals surface area (Å²) in [7, 11) is 0. The van der Waals surface area contributed by atoms with Gasteiger partial charge in [-0.05, 0) is 12.3 Å². The van der Waals surface area contributed by atoms with Crippen molar-refractivity contribution in [3.63, 3.8) is 0 Å². The van der Waals surface area contributed by atoms with E-state index in [9.17, 15) is 14.4 Å². The number of carbonyl (C=O) groups excluding carboxylic acids is 2. The number of hydrogen-bond donors (Lipinski definition) is 3. The molecule has 0 aromatic heterocycles. The molecule has 0 aliphatic rings. The van der Waals surface area contributed by atoms with E-state index in [2.05, 4.69) is 15.4 Å². The minimum absolute atomic E-state index is 0.224. The second kappa shape index (κ2) is 6.83. The number of carboxylic acid groups (broad SMARTS) is 1. The highest BCUT2D eigenvalue weighted by Crippen LogP contribution is 2.19. The fourth-order valence-corrected chi connectivity index (χ4v) is 1.20. The third-order valence-electron chi connectivity index (χ3n) is 2.09.